The Morgan fingerprint density at radius 2 is 1.23 bits per heavy atom. The number of fused-ring (bicyclic) bond motifs is 3. The molecule has 0 fully saturated rings. The molecule has 0 saturated heterocycles. The Morgan fingerprint density at radius 1 is 0.674 bits per heavy atom. The van der Waals surface area contributed by atoms with Gasteiger partial charge in [-0.05, 0) is 0 Å². The zero-order valence-electron chi connectivity index (χ0n) is 27.5. The predicted molar refractivity (Wildman–Crippen MR) is 183 cm³/mol. The third-order valence-corrected chi connectivity index (χ3v) is 18.0. The number of benzene rings is 4. The number of allylic oxidation sites excluding steroid dienone is 4. The molecule has 218 valence electrons. The Bertz CT molecular complexity index is 1760. The molecule has 0 spiro atoms. The summed E-state index contributed by atoms with van der Waals surface area (Å²) in [4.78, 5) is 0. The van der Waals surface area contributed by atoms with E-state index >= 15 is 0 Å². The second kappa shape index (κ2) is 11.2. The summed E-state index contributed by atoms with van der Waals surface area (Å²) in [5, 5.41) is 0. The Morgan fingerprint density at radius 3 is 1.74 bits per heavy atom. The van der Waals surface area contributed by atoms with Gasteiger partial charge in [0.05, 0.1) is 0 Å². The van der Waals surface area contributed by atoms with Gasteiger partial charge in [-0.15, -0.1) is 0 Å². The predicted octanol–water partition coefficient (Wildman–Crippen LogP) is 10.2. The second-order valence-corrected chi connectivity index (χ2v) is 20.5. The molecule has 2 aliphatic rings. The summed E-state index contributed by atoms with van der Waals surface area (Å²) in [5.41, 5.74) is 14.8. The molecule has 0 heterocycles. The fraction of sp³-hybridized carbons (Fsp3) is 0.310. The minimum absolute atomic E-state index is 0.0565. The molecule has 1 heteroatoms. The number of hydrogen-bond donors (Lipinski definition) is 0. The van der Waals surface area contributed by atoms with Gasteiger partial charge in [-0.2, -0.15) is 0 Å². The molecule has 4 aromatic rings. The van der Waals surface area contributed by atoms with Crippen LogP contribution in [-0.4, -0.2) is 3.21 Å². The first kappa shape index (κ1) is 30.2. The minimum atomic E-state index is -2.81. The van der Waals surface area contributed by atoms with Crippen molar-refractivity contribution < 1.29 is 21.3 Å². The van der Waals surface area contributed by atoms with E-state index < -0.39 is 21.3 Å². The topological polar surface area (TPSA) is 0 Å². The Balaban J connectivity index is 1.77. The van der Waals surface area contributed by atoms with Crippen molar-refractivity contribution in [2.45, 2.75) is 79.6 Å². The van der Waals surface area contributed by atoms with Crippen molar-refractivity contribution in [3.63, 3.8) is 0 Å². The van der Waals surface area contributed by atoms with Crippen LogP contribution in [0.3, 0.4) is 0 Å². The summed E-state index contributed by atoms with van der Waals surface area (Å²) in [7, 11) is 0. The molecule has 0 aromatic heterocycles. The molecule has 6 rings (SSSR count). The van der Waals surface area contributed by atoms with Crippen LogP contribution in [0.25, 0.3) is 11.1 Å². The molecular formula is C42H46Zr. The van der Waals surface area contributed by atoms with E-state index in [0.29, 0.717) is 5.92 Å². The quantitative estimate of drug-likeness (QED) is 0.183. The summed E-state index contributed by atoms with van der Waals surface area (Å²) in [5.74, 6) is 0.460. The standard InChI is InChI=1S/C21H25.C13H10.C8H11.Zr/c1-20(2,3)16-9-7-14-11-15-8-10-17(21(4,5)6)13-19(15)18(14)12-16;1-3-7-12(8-4-1)11-13-9-5-2-6-10-13;1-6-4-7(2)8(3)5-6;/h7,9-10,12-13H,11H2,1-6H3;1-10H;4,6H,1-3H3;. The van der Waals surface area contributed by atoms with E-state index in [1.165, 1.54) is 50.1 Å². The van der Waals surface area contributed by atoms with Crippen molar-refractivity contribution in [3.8, 4) is 11.1 Å². The fourth-order valence-electron chi connectivity index (χ4n) is 7.03. The molecule has 1 unspecified atom stereocenters. The number of rotatable bonds is 4. The fourth-order valence-corrected chi connectivity index (χ4v) is 16.1. The van der Waals surface area contributed by atoms with Gasteiger partial charge in [-0.25, -0.2) is 0 Å². The molecule has 0 bridgehead atoms. The van der Waals surface area contributed by atoms with Crippen LogP contribution >= 0.6 is 0 Å². The maximum atomic E-state index is 2.66. The second-order valence-electron chi connectivity index (χ2n) is 14.8. The third kappa shape index (κ3) is 5.60. The third-order valence-electron chi connectivity index (χ3n) is 9.61. The van der Waals surface area contributed by atoms with Crippen LogP contribution in [0.2, 0.25) is 0 Å². The summed E-state index contributed by atoms with van der Waals surface area (Å²) < 4.78 is 5.01. The molecule has 0 radical (unpaired) electrons. The van der Waals surface area contributed by atoms with Gasteiger partial charge in [0, 0.05) is 0 Å². The Kier molecular flexibility index (Phi) is 7.88. The van der Waals surface area contributed by atoms with Crippen molar-refractivity contribution >= 4 is 6.48 Å². The van der Waals surface area contributed by atoms with Crippen LogP contribution in [0, 0.1) is 5.92 Å². The Labute approximate surface area is 267 Å². The first-order valence-corrected chi connectivity index (χ1v) is 19.6. The molecule has 2 aliphatic carbocycles. The molecule has 43 heavy (non-hydrogen) atoms. The van der Waals surface area contributed by atoms with Crippen molar-refractivity contribution in [1.29, 1.82) is 0 Å². The molecular weight excluding hydrogens is 596 g/mol. The monoisotopic (exact) mass is 640 g/mol. The van der Waals surface area contributed by atoms with E-state index in [2.05, 4.69) is 159 Å². The zero-order chi connectivity index (χ0) is 30.7. The summed E-state index contributed by atoms with van der Waals surface area (Å²) >= 11 is -2.81. The van der Waals surface area contributed by atoms with Crippen molar-refractivity contribution in [1.82, 2.24) is 0 Å². The van der Waals surface area contributed by atoms with Gasteiger partial charge in [0.25, 0.3) is 0 Å². The Hall–Kier alpha value is -2.89. The van der Waals surface area contributed by atoms with Crippen LogP contribution in [0.5, 0.6) is 0 Å². The summed E-state index contributed by atoms with van der Waals surface area (Å²) in [6.07, 6.45) is 3.56. The van der Waals surface area contributed by atoms with Gasteiger partial charge in [0.1, 0.15) is 0 Å². The van der Waals surface area contributed by atoms with Gasteiger partial charge in [0.2, 0.25) is 0 Å². The van der Waals surface area contributed by atoms with E-state index in [1.807, 2.05) is 0 Å². The average molecular weight is 642 g/mol. The molecule has 4 aromatic carbocycles. The van der Waals surface area contributed by atoms with Gasteiger partial charge in [-0.1, -0.05) is 0 Å². The van der Waals surface area contributed by atoms with Crippen LogP contribution in [-0.2, 0) is 38.5 Å². The zero-order valence-corrected chi connectivity index (χ0v) is 30.0. The van der Waals surface area contributed by atoms with Crippen LogP contribution < -0.4 is 3.27 Å². The average Bonchev–Trinajstić information content (AvgIpc) is 3.46. The molecule has 0 saturated carbocycles. The van der Waals surface area contributed by atoms with Crippen LogP contribution in [0.1, 0.15) is 95.7 Å². The molecule has 0 aliphatic heterocycles. The first-order chi connectivity index (χ1) is 20.3. The summed E-state index contributed by atoms with van der Waals surface area (Å²) in [6.45, 7) is 21.3. The molecule has 0 amide bonds. The first-order valence-electron chi connectivity index (χ1n) is 15.9. The molecule has 1 atom stereocenters. The van der Waals surface area contributed by atoms with Crippen LogP contribution in [0.15, 0.2) is 111 Å². The van der Waals surface area contributed by atoms with E-state index in [-0.39, 0.29) is 10.8 Å². The van der Waals surface area contributed by atoms with Crippen molar-refractivity contribution in [3.05, 3.63) is 145 Å². The summed E-state index contributed by atoms with van der Waals surface area (Å²) in [6, 6.07) is 35.2. The van der Waals surface area contributed by atoms with E-state index in [9.17, 15) is 0 Å². The van der Waals surface area contributed by atoms with E-state index in [0.717, 1.165) is 6.42 Å². The van der Waals surface area contributed by atoms with Crippen molar-refractivity contribution in [2.24, 2.45) is 5.92 Å². The van der Waals surface area contributed by atoms with Crippen LogP contribution in [0.4, 0.5) is 0 Å². The van der Waals surface area contributed by atoms with Gasteiger partial charge in [0.15, 0.2) is 0 Å². The molecule has 0 nitrogen and oxygen atoms in total. The van der Waals surface area contributed by atoms with Gasteiger partial charge >= 0.3 is 269 Å². The normalized spacial score (nSPS) is 16.2. The number of hydrogen-bond acceptors (Lipinski definition) is 0. The maximum absolute atomic E-state index is 2.81. The van der Waals surface area contributed by atoms with E-state index in [4.69, 9.17) is 0 Å². The van der Waals surface area contributed by atoms with Gasteiger partial charge < -0.3 is 0 Å². The van der Waals surface area contributed by atoms with Crippen molar-refractivity contribution in [2.75, 3.05) is 0 Å². The molecule has 0 N–H and O–H groups in total. The van der Waals surface area contributed by atoms with E-state index in [1.54, 1.807) is 15.3 Å². The van der Waals surface area contributed by atoms with Gasteiger partial charge in [-0.3, -0.25) is 0 Å². The SMILES string of the molecule is CC1=CC(C)[C]([Zr](=[C](c2ccccc2)c2ccccc2)[c]2cc(C(C)(C)C)cc3c2Cc2ccc(C(C)(C)C)cc2-3)=C1C.